The molecule has 5 nitrogen and oxygen atoms in total. The molecule has 0 fully saturated rings. The van der Waals surface area contributed by atoms with Crippen molar-refractivity contribution in [3.63, 3.8) is 0 Å². The van der Waals surface area contributed by atoms with E-state index in [4.69, 9.17) is 0 Å². The first-order chi connectivity index (χ1) is 10.9. The summed E-state index contributed by atoms with van der Waals surface area (Å²) in [7, 11) is 0. The number of hydrogen-bond acceptors (Lipinski definition) is 3. The van der Waals surface area contributed by atoms with E-state index in [-0.39, 0.29) is 6.42 Å². The molecule has 1 amide bonds. The number of nitrogens with one attached hydrogen (secondary N) is 1. The van der Waals surface area contributed by atoms with Gasteiger partial charge in [-0.1, -0.05) is 37.9 Å². The first-order valence-electron chi connectivity index (χ1n) is 6.46. The molecule has 1 aromatic heterocycles. The quantitative estimate of drug-likeness (QED) is 0.605. The van der Waals surface area contributed by atoms with Gasteiger partial charge in [-0.3, -0.25) is 4.79 Å². The number of aliphatic carboxylic acids is 1. The van der Waals surface area contributed by atoms with Gasteiger partial charge in [0.05, 0.1) is 0 Å². The Hall–Kier alpha value is -1.25. The smallest absolute Gasteiger partial charge is 0.326 e. The zero-order valence-corrected chi connectivity index (χ0v) is 16.4. The molecule has 0 aliphatic heterocycles. The Kier molecular flexibility index (Phi) is 6.32. The average molecular weight is 507 g/mol. The number of halogens is 3. The molecule has 2 aromatic rings. The molecule has 0 saturated heterocycles. The van der Waals surface area contributed by atoms with Gasteiger partial charge in [-0.15, -0.1) is 0 Å². The largest absolute Gasteiger partial charge is 0.480 e. The van der Waals surface area contributed by atoms with E-state index in [1.165, 1.54) is 0 Å². The van der Waals surface area contributed by atoms with Gasteiger partial charge >= 0.3 is 5.97 Å². The zero-order chi connectivity index (χ0) is 17.0. The summed E-state index contributed by atoms with van der Waals surface area (Å²) in [6.07, 6.45) is 1.73. The van der Waals surface area contributed by atoms with Crippen LogP contribution in [0.4, 0.5) is 0 Å². The third-order valence-electron chi connectivity index (χ3n) is 2.99. The van der Waals surface area contributed by atoms with Gasteiger partial charge in [-0.2, -0.15) is 0 Å². The summed E-state index contributed by atoms with van der Waals surface area (Å²) < 4.78 is 2.00. The van der Waals surface area contributed by atoms with E-state index in [1.807, 2.05) is 0 Å². The molecule has 120 valence electrons. The number of carboxylic acids is 1. The van der Waals surface area contributed by atoms with Gasteiger partial charge in [0.1, 0.15) is 10.6 Å². The van der Waals surface area contributed by atoms with Gasteiger partial charge in [-0.05, 0) is 45.8 Å². The summed E-state index contributed by atoms with van der Waals surface area (Å²) in [6, 6.07) is 7.46. The molecule has 0 saturated carbocycles. The molecule has 0 aliphatic rings. The highest BCUT2D eigenvalue weighted by Gasteiger charge is 2.22. The standard InChI is InChI=1S/C15H11Br3N2O3/c16-10-4-9(5-11(17)7-10)14(21)20-12(15(22)23)6-8-2-1-3-19-13(8)18/h1-5,7,12H,6H2,(H,20,21)(H,22,23)/t12-/m1/s1. The van der Waals surface area contributed by atoms with Crippen molar-refractivity contribution < 1.29 is 14.7 Å². The van der Waals surface area contributed by atoms with Gasteiger partial charge < -0.3 is 10.4 Å². The van der Waals surface area contributed by atoms with Crippen molar-refractivity contribution in [1.29, 1.82) is 0 Å². The van der Waals surface area contributed by atoms with Crippen molar-refractivity contribution >= 4 is 59.7 Å². The molecule has 2 rings (SSSR count). The third kappa shape index (κ3) is 5.12. The van der Waals surface area contributed by atoms with E-state index in [0.717, 1.165) is 8.95 Å². The molecule has 0 aliphatic carbocycles. The van der Waals surface area contributed by atoms with Crippen LogP contribution < -0.4 is 5.32 Å². The fraction of sp³-hybridized carbons (Fsp3) is 0.133. The summed E-state index contributed by atoms with van der Waals surface area (Å²) in [5, 5.41) is 11.9. The molecule has 0 bridgehead atoms. The number of carbonyl (C=O) groups is 2. The fourth-order valence-corrected chi connectivity index (χ4v) is 3.62. The number of nitrogens with zero attached hydrogens (tertiary/aromatic N) is 1. The second-order valence-corrected chi connectivity index (χ2v) is 7.26. The van der Waals surface area contributed by atoms with Crippen LogP contribution in [0.25, 0.3) is 0 Å². The summed E-state index contributed by atoms with van der Waals surface area (Å²) in [5.41, 5.74) is 1.07. The molecule has 0 radical (unpaired) electrons. The lowest BCUT2D eigenvalue weighted by atomic mass is 10.1. The van der Waals surface area contributed by atoms with Crippen LogP contribution in [-0.4, -0.2) is 28.0 Å². The summed E-state index contributed by atoms with van der Waals surface area (Å²) in [4.78, 5) is 27.8. The molecule has 23 heavy (non-hydrogen) atoms. The first kappa shape index (κ1) is 18.1. The molecule has 1 aromatic carbocycles. The lowest BCUT2D eigenvalue weighted by Crippen LogP contribution is -2.42. The van der Waals surface area contributed by atoms with Crippen LogP contribution in [-0.2, 0) is 11.2 Å². The predicted octanol–water partition coefficient (Wildman–Crippen LogP) is 3.79. The lowest BCUT2D eigenvalue weighted by molar-refractivity contribution is -0.139. The maximum atomic E-state index is 12.3. The number of carbonyl (C=O) groups excluding carboxylic acids is 1. The molecule has 8 heteroatoms. The maximum absolute atomic E-state index is 12.3. The van der Waals surface area contributed by atoms with Crippen LogP contribution in [0.5, 0.6) is 0 Å². The van der Waals surface area contributed by atoms with Gasteiger partial charge in [0.2, 0.25) is 0 Å². The topological polar surface area (TPSA) is 79.3 Å². The normalized spacial score (nSPS) is 11.8. The number of hydrogen-bond donors (Lipinski definition) is 2. The monoisotopic (exact) mass is 504 g/mol. The van der Waals surface area contributed by atoms with Crippen LogP contribution in [0.15, 0.2) is 50.1 Å². The van der Waals surface area contributed by atoms with Gasteiger partial charge in [0.25, 0.3) is 5.91 Å². The number of amides is 1. The van der Waals surface area contributed by atoms with Crippen molar-refractivity contribution in [2.24, 2.45) is 0 Å². The minimum absolute atomic E-state index is 0.130. The Bertz CT molecular complexity index is 732. The summed E-state index contributed by atoms with van der Waals surface area (Å²) in [6.45, 7) is 0. The number of carboxylic acid groups (broad SMARTS) is 1. The number of pyridine rings is 1. The van der Waals surface area contributed by atoms with Crippen LogP contribution in [0.1, 0.15) is 15.9 Å². The minimum atomic E-state index is -1.11. The fourth-order valence-electron chi connectivity index (χ4n) is 1.92. The van der Waals surface area contributed by atoms with E-state index in [0.29, 0.717) is 15.7 Å². The Balaban J connectivity index is 2.18. The van der Waals surface area contributed by atoms with Crippen molar-refractivity contribution in [3.8, 4) is 0 Å². The Morgan fingerprint density at radius 1 is 1.17 bits per heavy atom. The Morgan fingerprint density at radius 3 is 2.39 bits per heavy atom. The second-order valence-electron chi connectivity index (χ2n) is 4.68. The lowest BCUT2D eigenvalue weighted by Gasteiger charge is -2.15. The van der Waals surface area contributed by atoms with E-state index in [9.17, 15) is 14.7 Å². The van der Waals surface area contributed by atoms with E-state index in [2.05, 4.69) is 58.1 Å². The minimum Gasteiger partial charge on any atom is -0.480 e. The van der Waals surface area contributed by atoms with Crippen molar-refractivity contribution in [2.45, 2.75) is 12.5 Å². The van der Waals surface area contributed by atoms with Crippen LogP contribution in [0.2, 0.25) is 0 Å². The number of aromatic nitrogens is 1. The third-order valence-corrected chi connectivity index (χ3v) is 4.62. The van der Waals surface area contributed by atoms with E-state index in [1.54, 1.807) is 36.5 Å². The summed E-state index contributed by atoms with van der Waals surface area (Å²) >= 11 is 9.87. The van der Waals surface area contributed by atoms with Gasteiger partial charge in [-0.25, -0.2) is 9.78 Å². The molecule has 2 N–H and O–H groups in total. The Morgan fingerprint density at radius 2 is 1.83 bits per heavy atom. The van der Waals surface area contributed by atoms with Gasteiger partial charge in [0, 0.05) is 27.1 Å². The molecular weight excluding hydrogens is 496 g/mol. The van der Waals surface area contributed by atoms with Crippen LogP contribution in [0.3, 0.4) is 0 Å². The van der Waals surface area contributed by atoms with Crippen LogP contribution in [0, 0.1) is 0 Å². The highest BCUT2D eigenvalue weighted by Crippen LogP contribution is 2.20. The second kappa shape index (κ2) is 8.03. The molecule has 1 heterocycles. The highest BCUT2D eigenvalue weighted by molar-refractivity contribution is 9.11. The van der Waals surface area contributed by atoms with Crippen molar-refractivity contribution in [1.82, 2.24) is 10.3 Å². The van der Waals surface area contributed by atoms with Crippen LogP contribution >= 0.6 is 47.8 Å². The van der Waals surface area contributed by atoms with Crippen molar-refractivity contribution in [2.75, 3.05) is 0 Å². The molecule has 1 atom stereocenters. The Labute approximate surface area is 157 Å². The molecule has 0 unspecified atom stereocenters. The number of rotatable bonds is 5. The number of benzene rings is 1. The molecular formula is C15H11Br3N2O3. The first-order valence-corrected chi connectivity index (χ1v) is 8.84. The SMILES string of the molecule is O=C(N[C@H](Cc1cccnc1Br)C(=O)O)c1cc(Br)cc(Br)c1. The van der Waals surface area contributed by atoms with E-state index >= 15 is 0 Å². The molecule has 0 spiro atoms. The zero-order valence-electron chi connectivity index (χ0n) is 11.6. The maximum Gasteiger partial charge on any atom is 0.326 e. The van der Waals surface area contributed by atoms with E-state index < -0.39 is 17.9 Å². The van der Waals surface area contributed by atoms with Crippen molar-refractivity contribution in [3.05, 3.63) is 61.2 Å². The summed E-state index contributed by atoms with van der Waals surface area (Å²) in [5.74, 6) is -1.57. The highest BCUT2D eigenvalue weighted by atomic mass is 79.9. The predicted molar refractivity (Wildman–Crippen MR) is 96.4 cm³/mol. The van der Waals surface area contributed by atoms with Gasteiger partial charge in [0.15, 0.2) is 0 Å². The average Bonchev–Trinajstić information content (AvgIpc) is 2.47.